The van der Waals surface area contributed by atoms with Crippen molar-refractivity contribution in [1.29, 1.82) is 0 Å². The summed E-state index contributed by atoms with van der Waals surface area (Å²) in [5.74, 6) is -1.35. The van der Waals surface area contributed by atoms with Crippen LogP contribution in [-0.4, -0.2) is 39.2 Å². The first-order chi connectivity index (χ1) is 12.4. The molecule has 0 radical (unpaired) electrons. The lowest BCUT2D eigenvalue weighted by Gasteiger charge is -2.10. The Labute approximate surface area is 154 Å². The molecule has 0 aliphatic carbocycles. The van der Waals surface area contributed by atoms with Crippen molar-refractivity contribution < 1.29 is 28.6 Å². The highest BCUT2D eigenvalue weighted by Gasteiger charge is 2.16. The Balaban J connectivity index is 2.35. The third-order valence-electron chi connectivity index (χ3n) is 3.45. The largest absolute Gasteiger partial charge is 0.495 e. The molecule has 8 heteroatoms. The van der Waals surface area contributed by atoms with Gasteiger partial charge in [-0.1, -0.05) is 11.6 Å². The third-order valence-corrected chi connectivity index (χ3v) is 3.74. The van der Waals surface area contributed by atoms with Crippen molar-refractivity contribution in [3.05, 3.63) is 58.1 Å². The van der Waals surface area contributed by atoms with Gasteiger partial charge >= 0.3 is 11.9 Å². The molecule has 2 aromatic carbocycles. The quantitative estimate of drug-likeness (QED) is 0.805. The fraction of sp³-hybridized carbons (Fsp3) is 0.167. The van der Waals surface area contributed by atoms with Crippen LogP contribution in [0.15, 0.2) is 36.4 Å². The second-order valence-corrected chi connectivity index (χ2v) is 5.49. The Kier molecular flexibility index (Phi) is 6.19. The topological polar surface area (TPSA) is 90.9 Å². The Hall–Kier alpha value is -3.06. The Morgan fingerprint density at radius 1 is 0.846 bits per heavy atom. The SMILES string of the molecule is COC(=O)c1cc(NC(=O)c2ccc(OC)c(Cl)c2)cc(C(=O)OC)c1. The molecule has 2 rings (SSSR count). The van der Waals surface area contributed by atoms with E-state index in [1.807, 2.05) is 0 Å². The van der Waals surface area contributed by atoms with E-state index in [-0.39, 0.29) is 27.4 Å². The van der Waals surface area contributed by atoms with E-state index in [1.54, 1.807) is 6.07 Å². The number of amides is 1. The lowest BCUT2D eigenvalue weighted by atomic mass is 10.1. The van der Waals surface area contributed by atoms with Crippen LogP contribution >= 0.6 is 11.6 Å². The molecule has 0 heterocycles. The summed E-state index contributed by atoms with van der Waals surface area (Å²) in [7, 11) is 3.89. The summed E-state index contributed by atoms with van der Waals surface area (Å²) in [6.07, 6.45) is 0. The van der Waals surface area contributed by atoms with Crippen LogP contribution in [-0.2, 0) is 9.47 Å². The Morgan fingerprint density at radius 3 is 1.88 bits per heavy atom. The van der Waals surface area contributed by atoms with Crippen LogP contribution in [0.2, 0.25) is 5.02 Å². The molecule has 0 aromatic heterocycles. The van der Waals surface area contributed by atoms with Crippen molar-refractivity contribution >= 4 is 35.1 Å². The second kappa shape index (κ2) is 8.35. The third kappa shape index (κ3) is 4.31. The fourth-order valence-electron chi connectivity index (χ4n) is 2.18. The van der Waals surface area contributed by atoms with Crippen molar-refractivity contribution in [1.82, 2.24) is 0 Å². The molecule has 0 atom stereocenters. The molecule has 0 aliphatic rings. The van der Waals surface area contributed by atoms with Crippen molar-refractivity contribution in [2.24, 2.45) is 0 Å². The first-order valence-corrected chi connectivity index (χ1v) is 7.74. The van der Waals surface area contributed by atoms with Crippen LogP contribution in [0.3, 0.4) is 0 Å². The number of esters is 2. The predicted octanol–water partition coefficient (Wildman–Crippen LogP) is 3.17. The van der Waals surface area contributed by atoms with Gasteiger partial charge in [-0.25, -0.2) is 9.59 Å². The predicted molar refractivity (Wildman–Crippen MR) is 95.1 cm³/mol. The fourth-order valence-corrected chi connectivity index (χ4v) is 2.44. The summed E-state index contributed by atoms with van der Waals surface area (Å²) < 4.78 is 14.4. The first kappa shape index (κ1) is 19.3. The van der Waals surface area contributed by atoms with E-state index < -0.39 is 17.8 Å². The minimum atomic E-state index is -0.654. The molecule has 136 valence electrons. The number of carbonyl (C=O) groups excluding carboxylic acids is 3. The van der Waals surface area contributed by atoms with Gasteiger partial charge in [-0.3, -0.25) is 4.79 Å². The number of anilines is 1. The maximum Gasteiger partial charge on any atom is 0.337 e. The molecule has 0 saturated heterocycles. The zero-order valence-electron chi connectivity index (χ0n) is 14.3. The molecule has 0 fully saturated rings. The molecule has 0 spiro atoms. The average molecular weight is 378 g/mol. The summed E-state index contributed by atoms with van der Waals surface area (Å²) in [6, 6.07) is 8.63. The van der Waals surface area contributed by atoms with Gasteiger partial charge in [-0.15, -0.1) is 0 Å². The highest BCUT2D eigenvalue weighted by atomic mass is 35.5. The summed E-state index contributed by atoms with van der Waals surface area (Å²) in [5.41, 5.74) is 0.695. The number of benzene rings is 2. The number of methoxy groups -OCH3 is 3. The Morgan fingerprint density at radius 2 is 1.42 bits per heavy atom. The van der Waals surface area contributed by atoms with Gasteiger partial charge in [-0.05, 0) is 36.4 Å². The number of hydrogen-bond donors (Lipinski definition) is 1. The van der Waals surface area contributed by atoms with E-state index in [0.717, 1.165) is 0 Å². The number of carbonyl (C=O) groups is 3. The van der Waals surface area contributed by atoms with Crippen molar-refractivity contribution in [2.45, 2.75) is 0 Å². The van der Waals surface area contributed by atoms with Gasteiger partial charge in [0.2, 0.25) is 0 Å². The van der Waals surface area contributed by atoms with E-state index in [1.165, 1.54) is 51.7 Å². The molecule has 26 heavy (non-hydrogen) atoms. The van der Waals surface area contributed by atoms with Gasteiger partial charge in [-0.2, -0.15) is 0 Å². The van der Waals surface area contributed by atoms with E-state index in [9.17, 15) is 14.4 Å². The van der Waals surface area contributed by atoms with Gasteiger partial charge in [0, 0.05) is 11.3 Å². The number of hydrogen-bond acceptors (Lipinski definition) is 6. The van der Waals surface area contributed by atoms with E-state index in [2.05, 4.69) is 14.8 Å². The molecule has 0 aliphatic heterocycles. The molecule has 1 amide bonds. The number of halogens is 1. The maximum absolute atomic E-state index is 12.4. The van der Waals surface area contributed by atoms with Gasteiger partial charge < -0.3 is 19.5 Å². The van der Waals surface area contributed by atoms with Crippen molar-refractivity contribution in [2.75, 3.05) is 26.6 Å². The minimum absolute atomic E-state index is 0.0958. The van der Waals surface area contributed by atoms with E-state index in [4.69, 9.17) is 16.3 Å². The molecule has 0 unspecified atom stereocenters. The highest BCUT2D eigenvalue weighted by molar-refractivity contribution is 6.32. The van der Waals surface area contributed by atoms with E-state index >= 15 is 0 Å². The highest BCUT2D eigenvalue weighted by Crippen LogP contribution is 2.25. The lowest BCUT2D eigenvalue weighted by Crippen LogP contribution is -2.14. The van der Waals surface area contributed by atoms with Crippen LogP contribution in [0.25, 0.3) is 0 Å². The molecule has 2 aromatic rings. The standard InChI is InChI=1S/C18H16ClNO6/c1-24-15-5-4-10(9-14(15)19)16(21)20-13-7-11(17(22)25-2)6-12(8-13)18(23)26-3/h4-9H,1-3H3,(H,20,21). The van der Waals surface area contributed by atoms with Crippen LogP contribution in [0, 0.1) is 0 Å². The molecular weight excluding hydrogens is 362 g/mol. The molecule has 0 bridgehead atoms. The normalized spacial score (nSPS) is 10.0. The van der Waals surface area contributed by atoms with Crippen LogP contribution in [0.4, 0.5) is 5.69 Å². The van der Waals surface area contributed by atoms with Gasteiger partial charge in [0.05, 0.1) is 37.5 Å². The zero-order chi connectivity index (χ0) is 19.3. The summed E-state index contributed by atoms with van der Waals surface area (Å²) in [6.45, 7) is 0. The van der Waals surface area contributed by atoms with Crippen LogP contribution in [0.5, 0.6) is 5.75 Å². The van der Waals surface area contributed by atoms with Gasteiger partial charge in [0.1, 0.15) is 5.75 Å². The van der Waals surface area contributed by atoms with Crippen LogP contribution < -0.4 is 10.1 Å². The first-order valence-electron chi connectivity index (χ1n) is 7.36. The molecule has 0 saturated carbocycles. The molecular formula is C18H16ClNO6. The maximum atomic E-state index is 12.4. The summed E-state index contributed by atoms with van der Waals surface area (Å²) in [5, 5.41) is 2.88. The van der Waals surface area contributed by atoms with Gasteiger partial charge in [0.15, 0.2) is 0 Å². The molecule has 7 nitrogen and oxygen atoms in total. The van der Waals surface area contributed by atoms with E-state index in [0.29, 0.717) is 5.75 Å². The number of nitrogens with one attached hydrogen (secondary N) is 1. The summed E-state index contributed by atoms with van der Waals surface area (Å²) in [4.78, 5) is 36.0. The van der Waals surface area contributed by atoms with Gasteiger partial charge in [0.25, 0.3) is 5.91 Å². The van der Waals surface area contributed by atoms with Crippen molar-refractivity contribution in [3.8, 4) is 5.75 Å². The average Bonchev–Trinajstić information content (AvgIpc) is 2.66. The van der Waals surface area contributed by atoms with Crippen LogP contribution in [0.1, 0.15) is 31.1 Å². The molecule has 1 N–H and O–H groups in total. The monoisotopic (exact) mass is 377 g/mol. The Bertz CT molecular complexity index is 831. The summed E-state index contributed by atoms with van der Waals surface area (Å²) >= 11 is 6.02. The minimum Gasteiger partial charge on any atom is -0.495 e. The number of rotatable bonds is 5. The second-order valence-electron chi connectivity index (χ2n) is 5.09. The number of ether oxygens (including phenoxy) is 3. The lowest BCUT2D eigenvalue weighted by molar-refractivity contribution is 0.0599. The zero-order valence-corrected chi connectivity index (χ0v) is 15.0. The van der Waals surface area contributed by atoms with Crippen molar-refractivity contribution in [3.63, 3.8) is 0 Å². The smallest absolute Gasteiger partial charge is 0.337 e.